The van der Waals surface area contributed by atoms with Gasteiger partial charge >= 0.3 is 0 Å². The predicted molar refractivity (Wildman–Crippen MR) is 62.3 cm³/mol. The van der Waals surface area contributed by atoms with E-state index in [9.17, 15) is 9.69 Å². The molecular formula is C8H9O3PS2. The molecule has 1 atom stereocenters. The fourth-order valence-corrected chi connectivity index (χ4v) is 1.89. The van der Waals surface area contributed by atoms with Crippen LogP contribution < -0.4 is 4.52 Å². The van der Waals surface area contributed by atoms with E-state index < -0.39 is 5.69 Å². The van der Waals surface area contributed by atoms with Crippen molar-refractivity contribution in [3.05, 3.63) is 29.8 Å². The second kappa shape index (κ2) is 4.94. The van der Waals surface area contributed by atoms with Crippen LogP contribution in [0.1, 0.15) is 5.56 Å². The lowest BCUT2D eigenvalue weighted by atomic mass is 10.2. The molecular weight excluding hydrogens is 239 g/mol. The molecule has 14 heavy (non-hydrogen) atoms. The number of hydrogen-bond donors (Lipinski definition) is 2. The Morgan fingerprint density at radius 3 is 2.93 bits per heavy atom. The van der Waals surface area contributed by atoms with E-state index in [1.54, 1.807) is 24.3 Å². The number of hydrogen-bond acceptors (Lipinski definition) is 3. The van der Waals surface area contributed by atoms with Crippen LogP contribution in [0.4, 0.5) is 0 Å². The van der Waals surface area contributed by atoms with Crippen LogP contribution in [0.3, 0.4) is 0 Å². The van der Waals surface area contributed by atoms with Gasteiger partial charge in [-0.3, -0.25) is 0 Å². The van der Waals surface area contributed by atoms with Gasteiger partial charge in [-0.05, 0) is 29.5 Å². The summed E-state index contributed by atoms with van der Waals surface area (Å²) in [6.07, 6.45) is 1.12. The lowest BCUT2D eigenvalue weighted by molar-refractivity contribution is -0.107. The molecule has 3 nitrogen and oxygen atoms in total. The molecule has 6 heteroatoms. The highest BCUT2D eigenvalue weighted by Crippen LogP contribution is 2.47. The zero-order valence-electron chi connectivity index (χ0n) is 7.16. The first kappa shape index (κ1) is 11.7. The van der Waals surface area contributed by atoms with Crippen molar-refractivity contribution in [3.8, 4) is 5.75 Å². The molecule has 1 aromatic rings. The van der Waals surface area contributed by atoms with Gasteiger partial charge in [-0.25, -0.2) is 0 Å². The maximum Gasteiger partial charge on any atom is 0.291 e. The second-order valence-electron chi connectivity index (χ2n) is 2.60. The van der Waals surface area contributed by atoms with E-state index in [4.69, 9.17) is 4.52 Å². The Bertz CT molecular complexity index is 375. The lowest BCUT2D eigenvalue weighted by Crippen LogP contribution is -1.89. The summed E-state index contributed by atoms with van der Waals surface area (Å²) in [4.78, 5) is 19.4. The Hall–Kier alpha value is -0.350. The first-order valence-corrected chi connectivity index (χ1v) is 7.61. The van der Waals surface area contributed by atoms with Crippen LogP contribution in [0.25, 0.3) is 0 Å². The minimum absolute atomic E-state index is 0.318. The average Bonchev–Trinajstić information content (AvgIpc) is 2.02. The SMILES string of the molecule is O=CCc1cccc(OP(O)(=S)S)c1. The summed E-state index contributed by atoms with van der Waals surface area (Å²) in [6.45, 7) is 0. The Kier molecular flexibility index (Phi) is 4.13. The third kappa shape index (κ3) is 4.24. The molecule has 0 bridgehead atoms. The molecule has 1 N–H and O–H groups in total. The van der Waals surface area contributed by atoms with Crippen LogP contribution in [0.2, 0.25) is 0 Å². The van der Waals surface area contributed by atoms with Gasteiger partial charge in [-0.1, -0.05) is 24.4 Å². The van der Waals surface area contributed by atoms with Crippen molar-refractivity contribution in [2.75, 3.05) is 0 Å². The van der Waals surface area contributed by atoms with Gasteiger partial charge < -0.3 is 14.2 Å². The topological polar surface area (TPSA) is 46.5 Å². The summed E-state index contributed by atoms with van der Waals surface area (Å²) in [6, 6.07) is 6.83. The van der Waals surface area contributed by atoms with Crippen LogP contribution >= 0.6 is 17.9 Å². The molecule has 0 aliphatic heterocycles. The Morgan fingerprint density at radius 2 is 2.36 bits per heavy atom. The average molecular weight is 248 g/mol. The van der Waals surface area contributed by atoms with Crippen molar-refractivity contribution in [2.24, 2.45) is 0 Å². The summed E-state index contributed by atoms with van der Waals surface area (Å²) in [5.74, 6) is 0.435. The summed E-state index contributed by atoms with van der Waals surface area (Å²) >= 11 is 8.36. The third-order valence-electron chi connectivity index (χ3n) is 1.44. The van der Waals surface area contributed by atoms with Gasteiger partial charge in [0.15, 0.2) is 0 Å². The van der Waals surface area contributed by atoms with Gasteiger partial charge in [-0.15, -0.1) is 0 Å². The summed E-state index contributed by atoms with van der Waals surface area (Å²) in [5.41, 5.74) is -2.17. The fourth-order valence-electron chi connectivity index (χ4n) is 0.963. The van der Waals surface area contributed by atoms with Crippen LogP contribution in [-0.2, 0) is 23.0 Å². The van der Waals surface area contributed by atoms with Crippen molar-refractivity contribution in [2.45, 2.75) is 6.42 Å². The highest BCUT2D eigenvalue weighted by Gasteiger charge is 2.08. The number of thiol groups is 1. The normalized spacial score (nSPS) is 14.4. The summed E-state index contributed by atoms with van der Waals surface area (Å²) in [7, 11) is 0. The molecule has 0 radical (unpaired) electrons. The zero-order valence-corrected chi connectivity index (χ0v) is 9.77. The van der Waals surface area contributed by atoms with Crippen LogP contribution in [-0.4, -0.2) is 11.2 Å². The third-order valence-corrected chi connectivity index (χ3v) is 2.36. The van der Waals surface area contributed by atoms with E-state index in [1.807, 2.05) is 0 Å². The smallest absolute Gasteiger partial charge is 0.291 e. The number of rotatable bonds is 4. The highest BCUT2D eigenvalue weighted by atomic mass is 32.9. The molecule has 0 heterocycles. The Labute approximate surface area is 92.4 Å². The molecule has 76 valence electrons. The molecule has 0 saturated carbocycles. The fraction of sp³-hybridized carbons (Fsp3) is 0.125. The summed E-state index contributed by atoms with van der Waals surface area (Å²) < 4.78 is 5.02. The largest absolute Gasteiger partial charge is 0.436 e. The van der Waals surface area contributed by atoms with Crippen LogP contribution in [0, 0.1) is 0 Å². The quantitative estimate of drug-likeness (QED) is 0.486. The van der Waals surface area contributed by atoms with Crippen molar-refractivity contribution in [1.82, 2.24) is 0 Å². The molecule has 0 fully saturated rings. The molecule has 0 aliphatic carbocycles. The predicted octanol–water partition coefficient (Wildman–Crippen LogP) is 1.95. The summed E-state index contributed by atoms with van der Waals surface area (Å²) in [5, 5.41) is 0. The van der Waals surface area contributed by atoms with E-state index in [1.165, 1.54) is 0 Å². The van der Waals surface area contributed by atoms with E-state index in [2.05, 4.69) is 24.1 Å². The van der Waals surface area contributed by atoms with Crippen molar-refractivity contribution in [3.63, 3.8) is 0 Å². The Morgan fingerprint density at radius 1 is 1.64 bits per heavy atom. The van der Waals surface area contributed by atoms with E-state index in [0.29, 0.717) is 12.2 Å². The Balaban J connectivity index is 2.83. The van der Waals surface area contributed by atoms with Gasteiger partial charge in [0.2, 0.25) is 0 Å². The van der Waals surface area contributed by atoms with Crippen LogP contribution in [0.5, 0.6) is 5.75 Å². The maximum atomic E-state index is 10.3. The first-order chi connectivity index (χ1) is 6.51. The molecule has 0 aromatic heterocycles. The molecule has 0 saturated heterocycles. The number of aldehydes is 1. The number of benzene rings is 1. The first-order valence-electron chi connectivity index (χ1n) is 3.79. The minimum atomic E-state index is -2.99. The molecule has 1 rings (SSSR count). The van der Waals surface area contributed by atoms with E-state index in [0.717, 1.165) is 11.8 Å². The molecule has 0 aliphatic rings. The van der Waals surface area contributed by atoms with Crippen LogP contribution in [0.15, 0.2) is 24.3 Å². The van der Waals surface area contributed by atoms with Crippen molar-refractivity contribution in [1.29, 1.82) is 0 Å². The molecule has 1 aromatic carbocycles. The minimum Gasteiger partial charge on any atom is -0.436 e. The van der Waals surface area contributed by atoms with Gasteiger partial charge in [0, 0.05) is 6.42 Å². The standard InChI is InChI=1S/C8H9O3PS2/c9-5-4-7-2-1-3-8(6-7)11-12(10,13)14/h1-3,5-6H,4H2,(H2,10,13,14). The second-order valence-corrected chi connectivity index (χ2v) is 7.69. The van der Waals surface area contributed by atoms with Gasteiger partial charge in [0.1, 0.15) is 12.0 Å². The van der Waals surface area contributed by atoms with Gasteiger partial charge in [-0.2, -0.15) is 0 Å². The molecule has 1 unspecified atom stereocenters. The maximum absolute atomic E-state index is 10.3. The van der Waals surface area contributed by atoms with Gasteiger partial charge in [0.05, 0.1) is 0 Å². The number of carbonyl (C=O) groups excluding carboxylic acids is 1. The highest BCUT2D eigenvalue weighted by molar-refractivity contribution is 8.59. The molecule has 0 amide bonds. The monoisotopic (exact) mass is 248 g/mol. The molecule has 0 spiro atoms. The van der Waals surface area contributed by atoms with E-state index >= 15 is 0 Å². The van der Waals surface area contributed by atoms with Crippen molar-refractivity contribution < 1.29 is 14.2 Å². The number of carbonyl (C=O) groups is 1. The lowest BCUT2D eigenvalue weighted by Gasteiger charge is -2.10. The van der Waals surface area contributed by atoms with Crippen molar-refractivity contribution >= 4 is 36.0 Å². The zero-order chi connectivity index (χ0) is 10.6. The van der Waals surface area contributed by atoms with Gasteiger partial charge in [0.25, 0.3) is 5.69 Å². The van der Waals surface area contributed by atoms with E-state index in [-0.39, 0.29) is 0 Å².